The summed E-state index contributed by atoms with van der Waals surface area (Å²) in [5.74, 6) is 1.62. The third-order valence-corrected chi connectivity index (χ3v) is 3.86. The number of likely N-dealkylation sites (N-methyl/N-ethyl adjacent to an activating group) is 1. The average molecular weight is 342 g/mol. The molecule has 0 fully saturated rings. The summed E-state index contributed by atoms with van der Waals surface area (Å²) in [6.45, 7) is 4.01. The zero-order valence-corrected chi connectivity index (χ0v) is 14.1. The van der Waals surface area contributed by atoms with Gasteiger partial charge in [0, 0.05) is 23.4 Å². The quantitative estimate of drug-likeness (QED) is 0.776. The Morgan fingerprint density at radius 1 is 1.36 bits per heavy atom. The summed E-state index contributed by atoms with van der Waals surface area (Å²) in [5, 5.41) is 8.67. The SMILES string of the molecule is CNC(C)Cc1noc(-c2oc3c(Cl)cccc3c2C)n1.Cl. The average Bonchev–Trinajstić information content (AvgIpc) is 3.05. The minimum atomic E-state index is 0. The van der Waals surface area contributed by atoms with Crippen LogP contribution in [0.15, 0.2) is 27.1 Å². The Morgan fingerprint density at radius 3 is 2.82 bits per heavy atom. The first-order chi connectivity index (χ1) is 10.1. The number of para-hydroxylation sites is 1. The van der Waals surface area contributed by atoms with Gasteiger partial charge in [-0.15, -0.1) is 12.4 Å². The van der Waals surface area contributed by atoms with Crippen LogP contribution in [0, 0.1) is 6.92 Å². The van der Waals surface area contributed by atoms with Crippen molar-refractivity contribution < 1.29 is 8.94 Å². The van der Waals surface area contributed by atoms with Crippen LogP contribution in [0.4, 0.5) is 0 Å². The summed E-state index contributed by atoms with van der Waals surface area (Å²) in [6, 6.07) is 5.93. The van der Waals surface area contributed by atoms with Crippen molar-refractivity contribution in [2.75, 3.05) is 7.05 Å². The Balaban J connectivity index is 0.00000176. The molecule has 3 aromatic rings. The van der Waals surface area contributed by atoms with Crippen LogP contribution in [0.2, 0.25) is 5.02 Å². The second kappa shape index (κ2) is 6.69. The second-order valence-electron chi connectivity index (χ2n) is 5.08. The van der Waals surface area contributed by atoms with Crippen LogP contribution in [-0.2, 0) is 6.42 Å². The Kier molecular flexibility index (Phi) is 5.11. The van der Waals surface area contributed by atoms with Crippen LogP contribution in [0.5, 0.6) is 0 Å². The fourth-order valence-corrected chi connectivity index (χ4v) is 2.43. The van der Waals surface area contributed by atoms with Gasteiger partial charge in [-0.3, -0.25) is 0 Å². The fraction of sp³-hybridized carbons (Fsp3) is 0.333. The maximum absolute atomic E-state index is 6.15. The van der Waals surface area contributed by atoms with E-state index in [0.717, 1.165) is 10.9 Å². The molecule has 0 saturated carbocycles. The summed E-state index contributed by atoms with van der Waals surface area (Å²) in [4.78, 5) is 4.40. The lowest BCUT2D eigenvalue weighted by atomic mass is 10.1. The van der Waals surface area contributed by atoms with Crippen molar-refractivity contribution in [3.63, 3.8) is 0 Å². The van der Waals surface area contributed by atoms with Crippen molar-refractivity contribution in [1.82, 2.24) is 15.5 Å². The molecule has 3 rings (SSSR count). The second-order valence-corrected chi connectivity index (χ2v) is 5.49. The number of fused-ring (bicyclic) bond motifs is 1. The molecule has 0 radical (unpaired) electrons. The maximum atomic E-state index is 6.15. The first-order valence-corrected chi connectivity index (χ1v) is 7.15. The summed E-state index contributed by atoms with van der Waals surface area (Å²) in [5.41, 5.74) is 1.60. The molecule has 1 aromatic carbocycles. The number of benzene rings is 1. The predicted molar refractivity (Wildman–Crippen MR) is 88.7 cm³/mol. The van der Waals surface area contributed by atoms with Gasteiger partial charge in [0.25, 0.3) is 5.89 Å². The van der Waals surface area contributed by atoms with Crippen LogP contribution < -0.4 is 5.32 Å². The zero-order chi connectivity index (χ0) is 15.0. The molecule has 2 heterocycles. The van der Waals surface area contributed by atoms with Gasteiger partial charge in [0.1, 0.15) is 0 Å². The van der Waals surface area contributed by atoms with Gasteiger partial charge >= 0.3 is 0 Å². The number of nitrogens with zero attached hydrogens (tertiary/aromatic N) is 2. The molecule has 0 saturated heterocycles. The van der Waals surface area contributed by atoms with E-state index in [1.54, 1.807) is 6.07 Å². The van der Waals surface area contributed by atoms with E-state index in [9.17, 15) is 0 Å². The van der Waals surface area contributed by atoms with E-state index in [1.165, 1.54) is 0 Å². The minimum Gasteiger partial charge on any atom is -0.449 e. The van der Waals surface area contributed by atoms with E-state index in [4.69, 9.17) is 20.5 Å². The molecule has 0 bridgehead atoms. The van der Waals surface area contributed by atoms with E-state index >= 15 is 0 Å². The van der Waals surface area contributed by atoms with Gasteiger partial charge in [-0.1, -0.05) is 28.9 Å². The summed E-state index contributed by atoms with van der Waals surface area (Å²) in [7, 11) is 1.90. The van der Waals surface area contributed by atoms with Crippen LogP contribution in [0.3, 0.4) is 0 Å². The van der Waals surface area contributed by atoms with Gasteiger partial charge in [-0.25, -0.2) is 0 Å². The highest BCUT2D eigenvalue weighted by molar-refractivity contribution is 6.35. The lowest BCUT2D eigenvalue weighted by Gasteiger charge is -2.04. The van der Waals surface area contributed by atoms with Crippen LogP contribution in [0.25, 0.3) is 22.6 Å². The van der Waals surface area contributed by atoms with Crippen molar-refractivity contribution in [3.8, 4) is 11.7 Å². The lowest BCUT2D eigenvalue weighted by Crippen LogP contribution is -2.24. The number of nitrogens with one attached hydrogen (secondary N) is 1. The third kappa shape index (κ3) is 2.97. The molecule has 1 atom stereocenters. The molecule has 22 heavy (non-hydrogen) atoms. The van der Waals surface area contributed by atoms with Crippen molar-refractivity contribution in [2.24, 2.45) is 0 Å². The number of halogens is 2. The molecule has 118 valence electrons. The van der Waals surface area contributed by atoms with Gasteiger partial charge in [-0.2, -0.15) is 4.98 Å². The number of aromatic nitrogens is 2. The molecule has 0 amide bonds. The molecule has 0 aliphatic heterocycles. The smallest absolute Gasteiger partial charge is 0.293 e. The minimum absolute atomic E-state index is 0. The summed E-state index contributed by atoms with van der Waals surface area (Å²) in [6.07, 6.45) is 0.694. The van der Waals surface area contributed by atoms with Crippen molar-refractivity contribution in [3.05, 3.63) is 34.6 Å². The number of rotatable bonds is 4. The van der Waals surface area contributed by atoms with Gasteiger partial charge in [0.15, 0.2) is 17.2 Å². The summed E-state index contributed by atoms with van der Waals surface area (Å²) >= 11 is 6.15. The number of furan rings is 1. The van der Waals surface area contributed by atoms with Gasteiger partial charge in [0.2, 0.25) is 0 Å². The van der Waals surface area contributed by atoms with E-state index in [2.05, 4.69) is 22.4 Å². The Labute approximate surface area is 139 Å². The van der Waals surface area contributed by atoms with Gasteiger partial charge in [0.05, 0.1) is 5.02 Å². The number of aryl methyl sites for hydroxylation is 1. The van der Waals surface area contributed by atoms with Crippen molar-refractivity contribution in [2.45, 2.75) is 26.3 Å². The molecule has 5 nitrogen and oxygen atoms in total. The Hall–Kier alpha value is -1.56. The van der Waals surface area contributed by atoms with Crippen molar-refractivity contribution >= 4 is 35.0 Å². The van der Waals surface area contributed by atoms with E-state index in [-0.39, 0.29) is 18.4 Å². The van der Waals surface area contributed by atoms with Crippen LogP contribution in [0.1, 0.15) is 18.3 Å². The number of hydrogen-bond donors (Lipinski definition) is 1. The summed E-state index contributed by atoms with van der Waals surface area (Å²) < 4.78 is 11.1. The Bertz CT molecular complexity index is 782. The van der Waals surface area contributed by atoms with E-state index in [1.807, 2.05) is 26.1 Å². The molecule has 0 aliphatic carbocycles. The topological polar surface area (TPSA) is 64.1 Å². The third-order valence-electron chi connectivity index (χ3n) is 3.56. The molecular weight excluding hydrogens is 325 g/mol. The molecular formula is C15H17Cl2N3O2. The largest absolute Gasteiger partial charge is 0.449 e. The highest BCUT2D eigenvalue weighted by Crippen LogP contribution is 2.35. The zero-order valence-electron chi connectivity index (χ0n) is 12.5. The molecule has 1 N–H and O–H groups in total. The lowest BCUT2D eigenvalue weighted by molar-refractivity contribution is 0.408. The molecule has 0 aliphatic rings. The molecule has 1 unspecified atom stereocenters. The number of hydrogen-bond acceptors (Lipinski definition) is 5. The molecule has 0 spiro atoms. The molecule has 7 heteroatoms. The normalized spacial score (nSPS) is 12.4. The fourth-order valence-electron chi connectivity index (χ4n) is 2.22. The van der Waals surface area contributed by atoms with E-state index < -0.39 is 0 Å². The monoisotopic (exact) mass is 341 g/mol. The van der Waals surface area contributed by atoms with Crippen LogP contribution in [-0.4, -0.2) is 23.2 Å². The first kappa shape index (κ1) is 16.8. The molecule has 2 aromatic heterocycles. The van der Waals surface area contributed by atoms with Crippen LogP contribution >= 0.6 is 24.0 Å². The standard InChI is InChI=1S/C15H16ClN3O2.ClH/c1-8(17-3)7-12-18-15(21-19-12)13-9(2)10-5-4-6-11(16)14(10)20-13;/h4-6,8,17H,7H2,1-3H3;1H. The van der Waals surface area contributed by atoms with E-state index in [0.29, 0.717) is 34.5 Å². The maximum Gasteiger partial charge on any atom is 0.293 e. The predicted octanol–water partition coefficient (Wildman–Crippen LogP) is 4.02. The van der Waals surface area contributed by atoms with Crippen molar-refractivity contribution in [1.29, 1.82) is 0 Å². The Morgan fingerprint density at radius 2 is 2.14 bits per heavy atom. The van der Waals surface area contributed by atoms with Gasteiger partial charge < -0.3 is 14.3 Å². The first-order valence-electron chi connectivity index (χ1n) is 6.78. The van der Waals surface area contributed by atoms with Gasteiger partial charge in [-0.05, 0) is 27.0 Å². The highest BCUT2D eigenvalue weighted by Gasteiger charge is 2.20. The highest BCUT2D eigenvalue weighted by atomic mass is 35.5.